The summed E-state index contributed by atoms with van der Waals surface area (Å²) >= 11 is 0. The van der Waals surface area contributed by atoms with Crippen LogP contribution in [0.15, 0.2) is 48.9 Å². The highest BCUT2D eigenvalue weighted by Crippen LogP contribution is 2.29. The van der Waals surface area contributed by atoms with E-state index in [0.717, 1.165) is 11.1 Å². The van der Waals surface area contributed by atoms with Crippen LogP contribution in [0.4, 0.5) is 0 Å². The van der Waals surface area contributed by atoms with Crippen LogP contribution in [0.5, 0.6) is 11.5 Å². The molecule has 2 aromatic carbocycles. The Morgan fingerprint density at radius 3 is 2.39 bits per heavy atom. The van der Waals surface area contributed by atoms with E-state index in [1.165, 1.54) is 29.3 Å². The molecule has 0 amide bonds. The molecule has 2 N–H and O–H groups in total. The second-order valence-electron chi connectivity index (χ2n) is 6.76. The molecule has 0 saturated carbocycles. The van der Waals surface area contributed by atoms with Crippen molar-refractivity contribution in [1.82, 2.24) is 29.4 Å². The molecular formula is C20H16N6O2. The van der Waals surface area contributed by atoms with Gasteiger partial charge in [-0.2, -0.15) is 5.10 Å². The van der Waals surface area contributed by atoms with Crippen LogP contribution in [0, 0.1) is 13.8 Å². The highest BCUT2D eigenvalue weighted by molar-refractivity contribution is 5.90. The second kappa shape index (κ2) is 5.78. The Balaban J connectivity index is 1.71. The quantitative estimate of drug-likeness (QED) is 0.494. The molecule has 0 saturated heterocycles. The lowest BCUT2D eigenvalue weighted by Crippen LogP contribution is -2.00. The molecule has 0 bridgehead atoms. The summed E-state index contributed by atoms with van der Waals surface area (Å²) in [4.78, 5) is 4.56. The van der Waals surface area contributed by atoms with Crippen molar-refractivity contribution in [3.63, 3.8) is 0 Å². The number of nitrogens with zero attached hydrogens (tertiary/aromatic N) is 6. The van der Waals surface area contributed by atoms with E-state index in [2.05, 4.69) is 46.3 Å². The van der Waals surface area contributed by atoms with Crippen molar-refractivity contribution in [3.05, 3.63) is 60.0 Å². The van der Waals surface area contributed by atoms with Crippen LogP contribution in [0.3, 0.4) is 0 Å². The third kappa shape index (κ3) is 2.38. The first kappa shape index (κ1) is 16.2. The number of benzene rings is 2. The summed E-state index contributed by atoms with van der Waals surface area (Å²) in [6, 6.07) is 10.4. The molecule has 0 aliphatic heterocycles. The van der Waals surface area contributed by atoms with Gasteiger partial charge in [-0.25, -0.2) is 9.67 Å². The van der Waals surface area contributed by atoms with Crippen molar-refractivity contribution in [2.45, 2.75) is 13.8 Å². The standard InChI is InChI=1S/C20H16N6O2/c1-11-3-4-14(5-12(11)2)26-19-17(9-22-26)20-24-23-18(25(20)10-21-19)13-6-15(27)8-16(28)7-13/h3-10,27-28H,1-2H3. The first-order chi connectivity index (χ1) is 13.5. The van der Waals surface area contributed by atoms with Crippen LogP contribution < -0.4 is 0 Å². The fourth-order valence-corrected chi connectivity index (χ4v) is 3.29. The lowest BCUT2D eigenvalue weighted by atomic mass is 10.1. The topological polar surface area (TPSA) is 101 Å². The van der Waals surface area contributed by atoms with Gasteiger partial charge in [-0.15, -0.1) is 10.2 Å². The third-order valence-electron chi connectivity index (χ3n) is 4.87. The highest BCUT2D eigenvalue weighted by atomic mass is 16.3. The van der Waals surface area contributed by atoms with Crippen molar-refractivity contribution in [2.75, 3.05) is 0 Å². The minimum atomic E-state index is -0.0525. The molecule has 138 valence electrons. The first-order valence-electron chi connectivity index (χ1n) is 8.70. The van der Waals surface area contributed by atoms with Crippen LogP contribution in [0.25, 0.3) is 33.8 Å². The van der Waals surface area contributed by atoms with E-state index in [9.17, 15) is 10.2 Å². The average molecular weight is 372 g/mol. The van der Waals surface area contributed by atoms with Crippen molar-refractivity contribution in [3.8, 4) is 28.6 Å². The van der Waals surface area contributed by atoms with Gasteiger partial charge in [-0.05, 0) is 49.2 Å². The van der Waals surface area contributed by atoms with Gasteiger partial charge in [0, 0.05) is 11.6 Å². The minimum Gasteiger partial charge on any atom is -0.508 e. The monoisotopic (exact) mass is 372 g/mol. The Labute approximate surface area is 159 Å². The molecule has 28 heavy (non-hydrogen) atoms. The zero-order valence-corrected chi connectivity index (χ0v) is 15.2. The lowest BCUT2D eigenvalue weighted by Gasteiger charge is -2.06. The van der Waals surface area contributed by atoms with Crippen LogP contribution >= 0.6 is 0 Å². The van der Waals surface area contributed by atoms with Crippen LogP contribution in [-0.2, 0) is 0 Å². The summed E-state index contributed by atoms with van der Waals surface area (Å²) < 4.78 is 3.49. The number of aryl methyl sites for hydroxylation is 2. The Hall–Kier alpha value is -3.94. The molecule has 0 spiro atoms. The zero-order valence-electron chi connectivity index (χ0n) is 15.2. The molecule has 8 nitrogen and oxygen atoms in total. The normalized spacial score (nSPS) is 11.5. The number of aromatic nitrogens is 6. The molecular weight excluding hydrogens is 356 g/mol. The van der Waals surface area contributed by atoms with E-state index >= 15 is 0 Å². The largest absolute Gasteiger partial charge is 0.508 e. The molecule has 5 rings (SSSR count). The van der Waals surface area contributed by atoms with Crippen molar-refractivity contribution in [2.24, 2.45) is 0 Å². The Morgan fingerprint density at radius 2 is 1.64 bits per heavy atom. The zero-order chi connectivity index (χ0) is 19.4. The predicted octanol–water partition coefficient (Wildman–Crippen LogP) is 3.16. The number of fused-ring (bicyclic) bond motifs is 3. The van der Waals surface area contributed by atoms with Gasteiger partial charge in [0.15, 0.2) is 17.1 Å². The van der Waals surface area contributed by atoms with E-state index in [-0.39, 0.29) is 11.5 Å². The Kier molecular flexibility index (Phi) is 3.35. The second-order valence-corrected chi connectivity index (χ2v) is 6.76. The molecule has 0 atom stereocenters. The van der Waals surface area contributed by atoms with E-state index in [4.69, 9.17) is 0 Å². The van der Waals surface area contributed by atoms with Gasteiger partial charge < -0.3 is 10.2 Å². The maximum atomic E-state index is 9.76. The molecule has 5 aromatic rings. The van der Waals surface area contributed by atoms with Gasteiger partial charge in [0.2, 0.25) is 0 Å². The molecule has 0 aliphatic rings. The lowest BCUT2D eigenvalue weighted by molar-refractivity contribution is 0.451. The number of hydrogen-bond donors (Lipinski definition) is 2. The minimum absolute atomic E-state index is 0.0525. The number of aromatic hydroxyl groups is 2. The molecule has 0 aliphatic carbocycles. The summed E-state index contributed by atoms with van der Waals surface area (Å²) in [5.41, 5.74) is 5.12. The van der Waals surface area contributed by atoms with E-state index in [0.29, 0.717) is 22.7 Å². The van der Waals surface area contributed by atoms with Crippen molar-refractivity contribution >= 4 is 16.7 Å². The van der Waals surface area contributed by atoms with Crippen molar-refractivity contribution < 1.29 is 10.2 Å². The van der Waals surface area contributed by atoms with E-state index in [1.54, 1.807) is 21.6 Å². The van der Waals surface area contributed by atoms with E-state index < -0.39 is 0 Å². The number of phenolic OH excluding ortho intramolecular Hbond substituents is 2. The highest BCUT2D eigenvalue weighted by Gasteiger charge is 2.16. The predicted molar refractivity (Wildman–Crippen MR) is 104 cm³/mol. The molecule has 3 aromatic heterocycles. The first-order valence-corrected chi connectivity index (χ1v) is 8.70. The Bertz CT molecular complexity index is 1350. The molecule has 0 fully saturated rings. The summed E-state index contributed by atoms with van der Waals surface area (Å²) in [6.45, 7) is 4.13. The summed E-state index contributed by atoms with van der Waals surface area (Å²) in [5.74, 6) is 0.362. The molecule has 8 heteroatoms. The van der Waals surface area contributed by atoms with Gasteiger partial charge in [0.1, 0.15) is 17.8 Å². The third-order valence-corrected chi connectivity index (χ3v) is 4.87. The van der Waals surface area contributed by atoms with Crippen LogP contribution in [0.1, 0.15) is 11.1 Å². The SMILES string of the molecule is Cc1ccc(-n2ncc3c2ncn2c(-c4cc(O)cc(O)c4)nnc32)cc1C. The van der Waals surface area contributed by atoms with Gasteiger partial charge in [0.25, 0.3) is 0 Å². The van der Waals surface area contributed by atoms with Crippen molar-refractivity contribution in [1.29, 1.82) is 0 Å². The van der Waals surface area contributed by atoms with Crippen LogP contribution in [-0.4, -0.2) is 39.6 Å². The average Bonchev–Trinajstić information content (AvgIpc) is 3.26. The van der Waals surface area contributed by atoms with Gasteiger partial charge in [-0.1, -0.05) is 6.07 Å². The van der Waals surface area contributed by atoms with Gasteiger partial charge >= 0.3 is 0 Å². The number of hydrogen-bond acceptors (Lipinski definition) is 6. The summed E-state index contributed by atoms with van der Waals surface area (Å²) in [7, 11) is 0. The summed E-state index contributed by atoms with van der Waals surface area (Å²) in [5, 5.41) is 33.3. The van der Waals surface area contributed by atoms with Gasteiger partial charge in [-0.3, -0.25) is 4.40 Å². The fraction of sp³-hybridized carbons (Fsp3) is 0.100. The Morgan fingerprint density at radius 1 is 0.857 bits per heavy atom. The maximum absolute atomic E-state index is 9.76. The molecule has 0 radical (unpaired) electrons. The smallest absolute Gasteiger partial charge is 0.175 e. The number of phenols is 2. The molecule has 0 unspecified atom stereocenters. The fourth-order valence-electron chi connectivity index (χ4n) is 3.29. The van der Waals surface area contributed by atoms with Crippen LogP contribution in [0.2, 0.25) is 0 Å². The molecule has 3 heterocycles. The maximum Gasteiger partial charge on any atom is 0.175 e. The number of rotatable bonds is 2. The summed E-state index contributed by atoms with van der Waals surface area (Å²) in [6.07, 6.45) is 3.33. The van der Waals surface area contributed by atoms with E-state index in [1.807, 2.05) is 6.07 Å². The van der Waals surface area contributed by atoms with Gasteiger partial charge in [0.05, 0.1) is 17.3 Å².